The number of hydrogen-bond donors (Lipinski definition) is 0. The summed E-state index contributed by atoms with van der Waals surface area (Å²) < 4.78 is 2.69. The highest BCUT2D eigenvalue weighted by Gasteiger charge is 2.15. The molecule has 0 amide bonds. The van der Waals surface area contributed by atoms with Crippen molar-refractivity contribution in [1.82, 2.24) is 0 Å². The number of rotatable bonds is 5. The molecule has 0 saturated heterocycles. The Kier molecular flexibility index (Phi) is 6.40. The van der Waals surface area contributed by atoms with Crippen molar-refractivity contribution in [2.24, 2.45) is 0 Å². The molecule has 0 spiro atoms. The highest BCUT2D eigenvalue weighted by atomic mass is 32.1. The molecule has 0 aliphatic rings. The number of hydrogen-bond acceptors (Lipinski definition) is 2. The molecule has 9 aromatic rings. The number of benzene rings is 8. The highest BCUT2D eigenvalue weighted by Crippen LogP contribution is 2.41. The Morgan fingerprint density at radius 2 is 0.891 bits per heavy atom. The van der Waals surface area contributed by atoms with Crippen LogP contribution in [-0.2, 0) is 0 Å². The highest BCUT2D eigenvalue weighted by molar-refractivity contribution is 7.26. The molecule has 1 nitrogen and oxygen atoms in total. The van der Waals surface area contributed by atoms with Gasteiger partial charge in [-0.25, -0.2) is 0 Å². The molecule has 2 heteroatoms. The van der Waals surface area contributed by atoms with Gasteiger partial charge in [-0.2, -0.15) is 0 Å². The Labute approximate surface area is 272 Å². The van der Waals surface area contributed by atoms with Gasteiger partial charge in [0.1, 0.15) is 0 Å². The summed E-state index contributed by atoms with van der Waals surface area (Å²) in [4.78, 5) is 2.35. The molecule has 46 heavy (non-hydrogen) atoms. The molecule has 1 aromatic heterocycles. The largest absolute Gasteiger partial charge is 0.310 e. The molecule has 216 valence electrons. The van der Waals surface area contributed by atoms with Gasteiger partial charge in [-0.1, -0.05) is 127 Å². The Balaban J connectivity index is 1.12. The van der Waals surface area contributed by atoms with Gasteiger partial charge in [-0.05, 0) is 92.3 Å². The van der Waals surface area contributed by atoms with Gasteiger partial charge in [0.05, 0.1) is 0 Å². The zero-order valence-corrected chi connectivity index (χ0v) is 25.9. The van der Waals surface area contributed by atoms with Gasteiger partial charge in [-0.3, -0.25) is 0 Å². The molecule has 0 N–H and O–H groups in total. The number of nitrogens with zero attached hydrogens (tertiary/aromatic N) is 1. The van der Waals surface area contributed by atoms with Gasteiger partial charge in [0, 0.05) is 37.2 Å². The quantitative estimate of drug-likeness (QED) is 0.189. The van der Waals surface area contributed by atoms with Gasteiger partial charge in [0.25, 0.3) is 0 Å². The fourth-order valence-electron chi connectivity index (χ4n) is 6.68. The Hall–Kier alpha value is -5.70. The first-order valence-electron chi connectivity index (χ1n) is 15.7. The summed E-state index contributed by atoms with van der Waals surface area (Å²) in [7, 11) is 0. The third-order valence-corrected chi connectivity index (χ3v) is 10.3. The van der Waals surface area contributed by atoms with Gasteiger partial charge in [0.2, 0.25) is 0 Å². The third-order valence-electron chi connectivity index (χ3n) is 9.04. The van der Waals surface area contributed by atoms with E-state index in [1.807, 2.05) is 11.3 Å². The summed E-state index contributed by atoms with van der Waals surface area (Å²) in [6.45, 7) is 0. The van der Waals surface area contributed by atoms with Crippen LogP contribution in [0.3, 0.4) is 0 Å². The Morgan fingerprint density at radius 1 is 0.326 bits per heavy atom. The van der Waals surface area contributed by atoms with E-state index in [1.54, 1.807) is 0 Å². The van der Waals surface area contributed by atoms with Crippen molar-refractivity contribution >= 4 is 70.1 Å². The number of thiophene rings is 1. The lowest BCUT2D eigenvalue weighted by atomic mass is 10.0. The molecule has 0 aliphatic carbocycles. The molecule has 0 aliphatic heterocycles. The summed E-state index contributed by atoms with van der Waals surface area (Å²) in [6.07, 6.45) is 0. The molecule has 0 fully saturated rings. The molecule has 1 heterocycles. The second-order valence-corrected chi connectivity index (χ2v) is 12.9. The predicted octanol–water partition coefficient (Wildman–Crippen LogP) is 13.2. The normalized spacial score (nSPS) is 11.5. The van der Waals surface area contributed by atoms with Gasteiger partial charge in [-0.15, -0.1) is 11.3 Å². The van der Waals surface area contributed by atoms with E-state index in [2.05, 4.69) is 181 Å². The minimum atomic E-state index is 1.13. The predicted molar refractivity (Wildman–Crippen MR) is 200 cm³/mol. The maximum atomic E-state index is 2.36. The topological polar surface area (TPSA) is 3.24 Å². The van der Waals surface area contributed by atoms with Crippen LogP contribution in [0, 0.1) is 0 Å². The summed E-state index contributed by atoms with van der Waals surface area (Å²) in [6, 6.07) is 63.9. The Bertz CT molecular complexity index is 2510. The molecular weight excluding hydrogens is 575 g/mol. The second-order valence-electron chi connectivity index (χ2n) is 11.8. The van der Waals surface area contributed by atoms with Gasteiger partial charge >= 0.3 is 0 Å². The van der Waals surface area contributed by atoms with Crippen LogP contribution in [0.4, 0.5) is 17.1 Å². The smallest absolute Gasteiger partial charge is 0.0468 e. The SMILES string of the molecule is c1ccc(-c2ccc(N(c3ccc(-c4ccc5sc6c7ccccc7ccc6c5c4)cc3)c3ccc4ccccc4c3)cc2)cc1. The van der Waals surface area contributed by atoms with E-state index in [-0.39, 0.29) is 0 Å². The van der Waals surface area contributed by atoms with Gasteiger partial charge < -0.3 is 4.90 Å². The first-order chi connectivity index (χ1) is 22.8. The lowest BCUT2D eigenvalue weighted by Gasteiger charge is -2.26. The van der Waals surface area contributed by atoms with E-state index >= 15 is 0 Å². The van der Waals surface area contributed by atoms with E-state index in [9.17, 15) is 0 Å². The van der Waals surface area contributed by atoms with Gasteiger partial charge in [0.15, 0.2) is 0 Å². The van der Waals surface area contributed by atoms with Crippen molar-refractivity contribution in [3.05, 3.63) is 176 Å². The van der Waals surface area contributed by atoms with Crippen molar-refractivity contribution in [2.45, 2.75) is 0 Å². The van der Waals surface area contributed by atoms with E-state index in [0.717, 1.165) is 17.1 Å². The van der Waals surface area contributed by atoms with Crippen LogP contribution in [0.25, 0.3) is 64.0 Å². The van der Waals surface area contributed by atoms with Crippen LogP contribution < -0.4 is 4.90 Å². The first-order valence-corrected chi connectivity index (χ1v) is 16.5. The fraction of sp³-hybridized carbons (Fsp3) is 0. The molecule has 0 radical (unpaired) electrons. The van der Waals surface area contributed by atoms with Crippen molar-refractivity contribution in [3.63, 3.8) is 0 Å². The van der Waals surface area contributed by atoms with Crippen LogP contribution in [-0.4, -0.2) is 0 Å². The molecule has 0 atom stereocenters. The zero-order chi connectivity index (χ0) is 30.5. The summed E-state index contributed by atoms with van der Waals surface area (Å²) in [5.41, 5.74) is 8.26. The summed E-state index contributed by atoms with van der Waals surface area (Å²) in [5, 5.41) is 7.75. The lowest BCUT2D eigenvalue weighted by Crippen LogP contribution is -2.09. The summed E-state index contributed by atoms with van der Waals surface area (Å²) >= 11 is 1.89. The average molecular weight is 604 g/mol. The van der Waals surface area contributed by atoms with E-state index in [1.165, 1.54) is 64.0 Å². The van der Waals surface area contributed by atoms with Crippen LogP contribution in [0.5, 0.6) is 0 Å². The van der Waals surface area contributed by atoms with Crippen molar-refractivity contribution in [3.8, 4) is 22.3 Å². The van der Waals surface area contributed by atoms with Crippen LogP contribution in [0.1, 0.15) is 0 Å². The monoisotopic (exact) mass is 603 g/mol. The van der Waals surface area contributed by atoms with Crippen LogP contribution in [0.2, 0.25) is 0 Å². The zero-order valence-electron chi connectivity index (χ0n) is 25.1. The number of anilines is 3. The lowest BCUT2D eigenvalue weighted by molar-refractivity contribution is 1.29. The molecule has 0 saturated carbocycles. The minimum Gasteiger partial charge on any atom is -0.310 e. The van der Waals surface area contributed by atoms with Crippen molar-refractivity contribution in [1.29, 1.82) is 0 Å². The Morgan fingerprint density at radius 3 is 1.65 bits per heavy atom. The first kappa shape index (κ1) is 26.7. The van der Waals surface area contributed by atoms with E-state index < -0.39 is 0 Å². The van der Waals surface area contributed by atoms with E-state index in [0.29, 0.717) is 0 Å². The molecule has 8 aromatic carbocycles. The minimum absolute atomic E-state index is 1.13. The van der Waals surface area contributed by atoms with Crippen LogP contribution >= 0.6 is 11.3 Å². The molecule has 0 unspecified atom stereocenters. The second kappa shape index (κ2) is 11.0. The standard InChI is InChI=1S/C44H29NS/c1-2-8-30(9-3-1)32-14-21-37(22-15-32)45(39-25-18-31-10-4-5-12-35(31)28-39)38-23-16-33(17-24-38)36-20-27-43-42(29-36)41-26-19-34-11-6-7-13-40(34)44(41)46-43/h1-29H. The van der Waals surface area contributed by atoms with Crippen molar-refractivity contribution in [2.75, 3.05) is 4.90 Å². The average Bonchev–Trinajstić information content (AvgIpc) is 3.51. The number of fused-ring (bicyclic) bond motifs is 6. The van der Waals surface area contributed by atoms with Crippen molar-refractivity contribution < 1.29 is 0 Å². The maximum absolute atomic E-state index is 2.36. The van der Waals surface area contributed by atoms with E-state index in [4.69, 9.17) is 0 Å². The maximum Gasteiger partial charge on any atom is 0.0468 e. The fourth-order valence-corrected chi connectivity index (χ4v) is 7.90. The molecule has 9 rings (SSSR count). The van der Waals surface area contributed by atoms with Crippen LogP contribution in [0.15, 0.2) is 176 Å². The molecule has 0 bridgehead atoms. The summed E-state index contributed by atoms with van der Waals surface area (Å²) in [5.74, 6) is 0. The molecular formula is C44H29NS. The third kappa shape index (κ3) is 4.63.